The number of ketones is 1. The minimum Gasteiger partial charge on any atom is -0.293 e. The van der Waals surface area contributed by atoms with Crippen LogP contribution in [0.15, 0.2) is 51.3 Å². The van der Waals surface area contributed by atoms with Crippen molar-refractivity contribution in [3.05, 3.63) is 42.0 Å². The summed E-state index contributed by atoms with van der Waals surface area (Å²) in [6.45, 7) is 3.07. The van der Waals surface area contributed by atoms with E-state index in [-0.39, 0.29) is 16.4 Å². The maximum Gasteiger partial charge on any atom is 0.282 e. The number of nitrogens with zero attached hydrogens (tertiary/aromatic N) is 1. The summed E-state index contributed by atoms with van der Waals surface area (Å²) in [7, 11) is -3.91. The van der Waals surface area contributed by atoms with E-state index < -0.39 is 20.3 Å². The van der Waals surface area contributed by atoms with E-state index in [9.17, 15) is 13.2 Å². The van der Waals surface area contributed by atoms with E-state index in [2.05, 4.69) is 4.40 Å². The highest BCUT2D eigenvalue weighted by atomic mass is 35.5. The minimum absolute atomic E-state index is 0.0563. The predicted molar refractivity (Wildman–Crippen MR) is 83.7 cm³/mol. The first-order chi connectivity index (χ1) is 9.66. The summed E-state index contributed by atoms with van der Waals surface area (Å²) >= 11 is 12.3. The van der Waals surface area contributed by atoms with Crippen LogP contribution in [0.1, 0.15) is 13.8 Å². The van der Waals surface area contributed by atoms with Gasteiger partial charge in [-0.3, -0.25) is 4.79 Å². The Hall–Kier alpha value is -1.17. The highest BCUT2D eigenvalue weighted by molar-refractivity contribution is 7.90. The number of hydrogen-bond acceptors (Lipinski definition) is 3. The Bertz CT molecular complexity index is 737. The number of carbonyl (C=O) groups is 1. The van der Waals surface area contributed by atoms with E-state index in [0.717, 1.165) is 0 Å². The summed E-state index contributed by atoms with van der Waals surface area (Å²) in [5.41, 5.74) is 0.488. The Morgan fingerprint density at radius 2 is 1.81 bits per heavy atom. The summed E-state index contributed by atoms with van der Waals surface area (Å²) in [5, 5.41) is -1.06. The average molecular weight is 346 g/mol. The van der Waals surface area contributed by atoms with Crippen LogP contribution in [0.5, 0.6) is 0 Å². The van der Waals surface area contributed by atoms with Gasteiger partial charge in [0.1, 0.15) is 10.3 Å². The van der Waals surface area contributed by atoms with Crippen molar-refractivity contribution >= 4 is 44.7 Å². The predicted octanol–water partition coefficient (Wildman–Crippen LogP) is 2.95. The molecule has 0 aliphatic heterocycles. The van der Waals surface area contributed by atoms with Gasteiger partial charge < -0.3 is 0 Å². The highest BCUT2D eigenvalue weighted by Gasteiger charge is 2.44. The van der Waals surface area contributed by atoms with E-state index in [4.69, 9.17) is 23.2 Å². The van der Waals surface area contributed by atoms with Crippen molar-refractivity contribution in [3.63, 3.8) is 0 Å². The normalized spacial score (nSPS) is 28.6. The summed E-state index contributed by atoms with van der Waals surface area (Å²) in [6.07, 6.45) is 1.27. The number of alkyl halides is 2. The van der Waals surface area contributed by atoms with Crippen molar-refractivity contribution < 1.29 is 13.2 Å². The average Bonchev–Trinajstić information content (AvgIpc) is 2.43. The van der Waals surface area contributed by atoms with Crippen LogP contribution < -0.4 is 0 Å². The van der Waals surface area contributed by atoms with Crippen LogP contribution in [-0.4, -0.2) is 30.2 Å². The van der Waals surface area contributed by atoms with Gasteiger partial charge in [-0.1, -0.05) is 18.2 Å². The van der Waals surface area contributed by atoms with Gasteiger partial charge in [0.25, 0.3) is 10.0 Å². The lowest BCUT2D eigenvalue weighted by atomic mass is 9.87. The fourth-order valence-electron chi connectivity index (χ4n) is 2.05. The zero-order valence-electron chi connectivity index (χ0n) is 11.4. The lowest BCUT2D eigenvalue weighted by Gasteiger charge is -2.31. The fourth-order valence-corrected chi connectivity index (χ4v) is 3.75. The van der Waals surface area contributed by atoms with Gasteiger partial charge in [0.2, 0.25) is 0 Å². The molecule has 1 aromatic rings. The van der Waals surface area contributed by atoms with Crippen LogP contribution >= 0.6 is 23.2 Å². The van der Waals surface area contributed by atoms with Crippen molar-refractivity contribution in [2.45, 2.75) is 29.0 Å². The quantitative estimate of drug-likeness (QED) is 0.774. The minimum atomic E-state index is -3.91. The molecule has 0 N–H and O–H groups in total. The number of carbonyl (C=O) groups excluding carboxylic acids is 1. The topological polar surface area (TPSA) is 63.6 Å². The van der Waals surface area contributed by atoms with E-state index in [1.54, 1.807) is 25.1 Å². The summed E-state index contributed by atoms with van der Waals surface area (Å²) < 4.78 is 28.4. The monoisotopic (exact) mass is 345 g/mol. The summed E-state index contributed by atoms with van der Waals surface area (Å²) in [5.74, 6) is -0.359. The first kappa shape index (κ1) is 16.2. The standard InChI is InChI=1S/C14H13Cl2NO3S/c1-9-8-11(18)12(15)14(2,16)13(9)17-21(19,20)10-6-4-3-5-7-10/h3-8,12H,1-2H3/b17-13+. The molecular weight excluding hydrogens is 333 g/mol. The first-order valence-corrected chi connectivity index (χ1v) is 8.37. The molecule has 4 nitrogen and oxygen atoms in total. The maximum absolute atomic E-state index is 12.3. The molecule has 0 saturated carbocycles. The van der Waals surface area contributed by atoms with Crippen molar-refractivity contribution in [2.75, 3.05) is 0 Å². The molecular formula is C14H13Cl2NO3S. The van der Waals surface area contributed by atoms with Gasteiger partial charge >= 0.3 is 0 Å². The largest absolute Gasteiger partial charge is 0.293 e. The molecule has 1 aliphatic carbocycles. The third-order valence-corrected chi connectivity index (χ3v) is 5.62. The Balaban J connectivity index is 2.59. The number of allylic oxidation sites excluding steroid dienone is 2. The van der Waals surface area contributed by atoms with Gasteiger partial charge in [0.05, 0.1) is 10.6 Å². The zero-order chi connectivity index (χ0) is 15.8. The second kappa shape index (κ2) is 5.55. The van der Waals surface area contributed by atoms with Crippen LogP contribution in [0.3, 0.4) is 0 Å². The van der Waals surface area contributed by atoms with Crippen LogP contribution in [0.25, 0.3) is 0 Å². The van der Waals surface area contributed by atoms with E-state index in [1.165, 1.54) is 25.1 Å². The lowest BCUT2D eigenvalue weighted by molar-refractivity contribution is -0.114. The molecule has 1 aliphatic rings. The van der Waals surface area contributed by atoms with Crippen molar-refractivity contribution in [3.8, 4) is 0 Å². The van der Waals surface area contributed by atoms with Gasteiger partial charge in [-0.25, -0.2) is 0 Å². The van der Waals surface area contributed by atoms with Gasteiger partial charge in [0.15, 0.2) is 5.78 Å². The molecule has 7 heteroatoms. The van der Waals surface area contributed by atoms with Gasteiger partial charge in [-0.05, 0) is 37.6 Å². The number of benzene rings is 1. The molecule has 0 radical (unpaired) electrons. The molecule has 0 bridgehead atoms. The third kappa shape index (κ3) is 3.05. The molecule has 0 aromatic heterocycles. The first-order valence-electron chi connectivity index (χ1n) is 6.12. The molecule has 1 aromatic carbocycles. The molecule has 0 saturated heterocycles. The summed E-state index contributed by atoms with van der Waals surface area (Å²) in [4.78, 5) is 10.4. The summed E-state index contributed by atoms with van der Waals surface area (Å²) in [6, 6.07) is 7.79. The Morgan fingerprint density at radius 1 is 1.24 bits per heavy atom. The van der Waals surface area contributed by atoms with Crippen LogP contribution in [0.2, 0.25) is 0 Å². The lowest BCUT2D eigenvalue weighted by Crippen LogP contribution is -2.46. The van der Waals surface area contributed by atoms with E-state index in [1.807, 2.05) is 0 Å². The van der Waals surface area contributed by atoms with E-state index >= 15 is 0 Å². The SMILES string of the molecule is CC1=CC(=O)C(Cl)C(C)(Cl)/C1=N/S(=O)(=O)c1ccccc1. The van der Waals surface area contributed by atoms with Gasteiger partial charge in [-0.15, -0.1) is 23.2 Å². The molecule has 2 atom stereocenters. The number of sulfonamides is 1. The molecule has 0 heterocycles. The smallest absolute Gasteiger partial charge is 0.282 e. The number of rotatable bonds is 2. The Kier molecular flexibility index (Phi) is 4.29. The number of halogens is 2. The Morgan fingerprint density at radius 3 is 2.38 bits per heavy atom. The Labute approximate surface area is 133 Å². The molecule has 2 unspecified atom stereocenters. The highest BCUT2D eigenvalue weighted by Crippen LogP contribution is 2.34. The molecule has 0 amide bonds. The molecule has 2 rings (SSSR count). The number of hydrogen-bond donors (Lipinski definition) is 0. The van der Waals surface area contributed by atoms with Gasteiger partial charge in [0, 0.05) is 0 Å². The molecule has 112 valence electrons. The molecule has 0 spiro atoms. The zero-order valence-corrected chi connectivity index (χ0v) is 13.7. The fraction of sp³-hybridized carbons (Fsp3) is 0.286. The van der Waals surface area contributed by atoms with Crippen LogP contribution in [-0.2, 0) is 14.8 Å². The van der Waals surface area contributed by atoms with Crippen LogP contribution in [0.4, 0.5) is 0 Å². The molecule has 21 heavy (non-hydrogen) atoms. The van der Waals surface area contributed by atoms with Crippen molar-refractivity contribution in [1.29, 1.82) is 0 Å². The second-order valence-corrected chi connectivity index (χ2v) is 7.72. The molecule has 0 fully saturated rings. The third-order valence-electron chi connectivity index (χ3n) is 3.17. The van der Waals surface area contributed by atoms with Crippen LogP contribution in [0, 0.1) is 0 Å². The second-order valence-electron chi connectivity index (χ2n) is 4.90. The van der Waals surface area contributed by atoms with Crippen molar-refractivity contribution in [2.24, 2.45) is 4.40 Å². The van der Waals surface area contributed by atoms with Crippen molar-refractivity contribution in [1.82, 2.24) is 0 Å². The van der Waals surface area contributed by atoms with Gasteiger partial charge in [-0.2, -0.15) is 12.8 Å². The van der Waals surface area contributed by atoms with E-state index in [0.29, 0.717) is 5.57 Å². The maximum atomic E-state index is 12.3.